The van der Waals surface area contributed by atoms with Gasteiger partial charge < -0.3 is 10.1 Å². The highest BCUT2D eigenvalue weighted by Gasteiger charge is 2.22. The fraction of sp³-hybridized carbons (Fsp3) is 0.278. The van der Waals surface area contributed by atoms with E-state index in [4.69, 9.17) is 16.3 Å². The number of benzene rings is 2. The standard InChI is InChI=1S/C18H21ClN2O4S/c1-3-25-12-14-6-4-5-7-17(14)20-18(22)13(2)21-26(23,24)16-10-8-15(19)9-11-16/h4-11,13,21H,3,12H2,1-2H3,(H,20,22)/t13-/m0/s1. The second-order valence-corrected chi connectivity index (χ2v) is 7.73. The molecule has 1 amide bonds. The SMILES string of the molecule is CCOCc1ccccc1NC(=O)[C@H](C)NS(=O)(=O)c1ccc(Cl)cc1. The smallest absolute Gasteiger partial charge is 0.242 e. The van der Waals surface area contributed by atoms with E-state index >= 15 is 0 Å². The van der Waals surface area contributed by atoms with Gasteiger partial charge in [0.05, 0.1) is 17.5 Å². The van der Waals surface area contributed by atoms with E-state index in [1.807, 2.05) is 19.1 Å². The summed E-state index contributed by atoms with van der Waals surface area (Å²) in [6, 6.07) is 12.0. The maximum absolute atomic E-state index is 12.4. The summed E-state index contributed by atoms with van der Waals surface area (Å²) in [6.45, 7) is 4.28. The van der Waals surface area contributed by atoms with Crippen molar-refractivity contribution in [1.82, 2.24) is 4.72 Å². The minimum absolute atomic E-state index is 0.0401. The maximum atomic E-state index is 12.4. The molecule has 2 aromatic rings. The number of rotatable bonds is 8. The molecular weight excluding hydrogens is 376 g/mol. The van der Waals surface area contributed by atoms with Crippen molar-refractivity contribution in [3.05, 3.63) is 59.1 Å². The number of para-hydroxylation sites is 1. The van der Waals surface area contributed by atoms with Crippen LogP contribution in [0.3, 0.4) is 0 Å². The van der Waals surface area contributed by atoms with E-state index < -0.39 is 22.0 Å². The molecule has 0 saturated carbocycles. The highest BCUT2D eigenvalue weighted by atomic mass is 35.5. The molecule has 0 spiro atoms. The van der Waals surface area contributed by atoms with Gasteiger partial charge in [-0.15, -0.1) is 0 Å². The normalized spacial score (nSPS) is 12.6. The first-order chi connectivity index (χ1) is 12.3. The van der Waals surface area contributed by atoms with Crippen molar-refractivity contribution in [3.63, 3.8) is 0 Å². The average molecular weight is 397 g/mol. The van der Waals surface area contributed by atoms with E-state index in [-0.39, 0.29) is 4.90 Å². The van der Waals surface area contributed by atoms with Crippen LogP contribution >= 0.6 is 11.6 Å². The Labute approximate surface area is 158 Å². The topological polar surface area (TPSA) is 84.5 Å². The third-order valence-corrected chi connectivity index (χ3v) is 5.39. The minimum Gasteiger partial charge on any atom is -0.377 e. The molecule has 26 heavy (non-hydrogen) atoms. The molecule has 0 aliphatic heterocycles. The molecule has 0 aliphatic rings. The molecule has 8 heteroatoms. The van der Waals surface area contributed by atoms with Crippen molar-refractivity contribution in [3.8, 4) is 0 Å². The van der Waals surface area contributed by atoms with Gasteiger partial charge in [0.15, 0.2) is 0 Å². The van der Waals surface area contributed by atoms with Gasteiger partial charge in [0, 0.05) is 22.9 Å². The van der Waals surface area contributed by atoms with Gasteiger partial charge in [0.1, 0.15) is 0 Å². The lowest BCUT2D eigenvalue weighted by atomic mass is 10.2. The van der Waals surface area contributed by atoms with Crippen LogP contribution in [0.1, 0.15) is 19.4 Å². The number of carbonyl (C=O) groups is 1. The summed E-state index contributed by atoms with van der Waals surface area (Å²) in [5, 5.41) is 3.17. The van der Waals surface area contributed by atoms with E-state index in [1.54, 1.807) is 12.1 Å². The van der Waals surface area contributed by atoms with Gasteiger partial charge >= 0.3 is 0 Å². The minimum atomic E-state index is -3.83. The molecule has 2 aromatic carbocycles. The lowest BCUT2D eigenvalue weighted by Gasteiger charge is -2.16. The lowest BCUT2D eigenvalue weighted by Crippen LogP contribution is -2.41. The monoisotopic (exact) mass is 396 g/mol. The number of hydrogen-bond donors (Lipinski definition) is 2. The Bertz CT molecular complexity index is 854. The number of hydrogen-bond acceptors (Lipinski definition) is 4. The van der Waals surface area contributed by atoms with Gasteiger partial charge in [0.2, 0.25) is 15.9 Å². The third-order valence-electron chi connectivity index (χ3n) is 3.59. The summed E-state index contributed by atoms with van der Waals surface area (Å²) in [5.41, 5.74) is 1.40. The van der Waals surface area contributed by atoms with Gasteiger partial charge in [-0.2, -0.15) is 4.72 Å². The molecule has 0 heterocycles. The Morgan fingerprint density at radius 1 is 1.15 bits per heavy atom. The van der Waals surface area contributed by atoms with Crippen molar-refractivity contribution >= 4 is 33.2 Å². The Kier molecular flexibility index (Phi) is 7.16. The molecule has 0 radical (unpaired) electrons. The lowest BCUT2D eigenvalue weighted by molar-refractivity contribution is -0.117. The first-order valence-corrected chi connectivity index (χ1v) is 9.94. The quantitative estimate of drug-likeness (QED) is 0.717. The van der Waals surface area contributed by atoms with Crippen molar-refractivity contribution in [1.29, 1.82) is 0 Å². The summed E-state index contributed by atoms with van der Waals surface area (Å²) in [6.07, 6.45) is 0. The van der Waals surface area contributed by atoms with Gasteiger partial charge in [-0.25, -0.2) is 8.42 Å². The van der Waals surface area contributed by atoms with Crippen molar-refractivity contribution < 1.29 is 17.9 Å². The van der Waals surface area contributed by atoms with Gasteiger partial charge in [-0.3, -0.25) is 4.79 Å². The van der Waals surface area contributed by atoms with Gasteiger partial charge in [0.25, 0.3) is 0 Å². The van der Waals surface area contributed by atoms with Crippen molar-refractivity contribution in [2.24, 2.45) is 0 Å². The Hall–Kier alpha value is -1.93. The van der Waals surface area contributed by atoms with Crippen molar-refractivity contribution in [2.75, 3.05) is 11.9 Å². The summed E-state index contributed by atoms with van der Waals surface area (Å²) in [7, 11) is -3.83. The van der Waals surface area contributed by atoms with Crippen LogP contribution in [0.5, 0.6) is 0 Å². The Morgan fingerprint density at radius 3 is 2.46 bits per heavy atom. The Balaban J connectivity index is 2.07. The number of sulfonamides is 1. The number of ether oxygens (including phenoxy) is 1. The average Bonchev–Trinajstić information content (AvgIpc) is 2.61. The molecular formula is C18H21ClN2O4S. The van der Waals surface area contributed by atoms with Crippen LogP contribution < -0.4 is 10.0 Å². The maximum Gasteiger partial charge on any atom is 0.242 e. The molecule has 0 saturated heterocycles. The van der Waals surface area contributed by atoms with E-state index in [2.05, 4.69) is 10.0 Å². The highest BCUT2D eigenvalue weighted by molar-refractivity contribution is 7.89. The molecule has 0 unspecified atom stereocenters. The van der Waals surface area contributed by atoms with Crippen LogP contribution in [0.25, 0.3) is 0 Å². The highest BCUT2D eigenvalue weighted by Crippen LogP contribution is 2.17. The molecule has 0 aliphatic carbocycles. The van der Waals surface area contributed by atoms with Gasteiger partial charge in [-0.1, -0.05) is 29.8 Å². The summed E-state index contributed by atoms with van der Waals surface area (Å²) in [5.74, 6) is -0.466. The Morgan fingerprint density at radius 2 is 1.81 bits per heavy atom. The second kappa shape index (κ2) is 9.14. The second-order valence-electron chi connectivity index (χ2n) is 5.58. The number of anilines is 1. The predicted molar refractivity (Wildman–Crippen MR) is 102 cm³/mol. The van der Waals surface area contributed by atoms with E-state index in [9.17, 15) is 13.2 Å². The number of amides is 1. The molecule has 0 aromatic heterocycles. The third kappa shape index (κ3) is 5.54. The van der Waals surface area contributed by atoms with Crippen LogP contribution in [-0.2, 0) is 26.2 Å². The largest absolute Gasteiger partial charge is 0.377 e. The van der Waals surface area contributed by atoms with Crippen LogP contribution in [0.15, 0.2) is 53.4 Å². The van der Waals surface area contributed by atoms with Crippen LogP contribution in [-0.4, -0.2) is 27.0 Å². The van der Waals surface area contributed by atoms with E-state index in [0.29, 0.717) is 23.9 Å². The first kappa shape index (κ1) is 20.4. The number of halogens is 1. The zero-order chi connectivity index (χ0) is 19.2. The first-order valence-electron chi connectivity index (χ1n) is 8.08. The van der Waals surface area contributed by atoms with E-state index in [1.165, 1.54) is 31.2 Å². The number of nitrogens with one attached hydrogen (secondary N) is 2. The summed E-state index contributed by atoms with van der Waals surface area (Å²) in [4.78, 5) is 12.4. The molecule has 2 N–H and O–H groups in total. The zero-order valence-corrected chi connectivity index (χ0v) is 16.1. The summed E-state index contributed by atoms with van der Waals surface area (Å²) < 4.78 is 32.5. The fourth-order valence-electron chi connectivity index (χ4n) is 2.19. The van der Waals surface area contributed by atoms with Crippen molar-refractivity contribution in [2.45, 2.75) is 31.4 Å². The molecule has 140 valence electrons. The van der Waals surface area contributed by atoms with E-state index in [0.717, 1.165) is 5.56 Å². The molecule has 0 bridgehead atoms. The zero-order valence-electron chi connectivity index (χ0n) is 14.5. The van der Waals surface area contributed by atoms with Crippen LogP contribution in [0.2, 0.25) is 5.02 Å². The predicted octanol–water partition coefficient (Wildman–Crippen LogP) is 3.18. The summed E-state index contributed by atoms with van der Waals surface area (Å²) >= 11 is 5.77. The molecule has 6 nitrogen and oxygen atoms in total. The molecule has 1 atom stereocenters. The molecule has 2 rings (SSSR count). The molecule has 0 fully saturated rings. The van der Waals surface area contributed by atoms with Gasteiger partial charge in [-0.05, 0) is 44.2 Å². The number of carbonyl (C=O) groups excluding carboxylic acids is 1. The van der Waals surface area contributed by atoms with Crippen LogP contribution in [0.4, 0.5) is 5.69 Å². The van der Waals surface area contributed by atoms with Crippen LogP contribution in [0, 0.1) is 0 Å². The fourth-order valence-corrected chi connectivity index (χ4v) is 3.52.